The topological polar surface area (TPSA) is 104 Å². The number of hydrogen-bond acceptors (Lipinski definition) is 4. The summed E-state index contributed by atoms with van der Waals surface area (Å²) < 4.78 is 23.2. The summed E-state index contributed by atoms with van der Waals surface area (Å²) in [5.41, 5.74) is -2.04. The molecule has 2 atom stereocenters. The van der Waals surface area contributed by atoms with Crippen LogP contribution in [0.15, 0.2) is 0 Å². The van der Waals surface area contributed by atoms with E-state index < -0.39 is 32.9 Å². The van der Waals surface area contributed by atoms with Crippen LogP contribution in [0.1, 0.15) is 39.5 Å². The summed E-state index contributed by atoms with van der Waals surface area (Å²) in [7, 11) is -3.12. The van der Waals surface area contributed by atoms with Crippen molar-refractivity contribution >= 4 is 21.8 Å². The van der Waals surface area contributed by atoms with Crippen LogP contribution in [0.4, 0.5) is 4.79 Å². The summed E-state index contributed by atoms with van der Waals surface area (Å²) in [5, 5.41) is 12.1. The van der Waals surface area contributed by atoms with Crippen LogP contribution in [-0.2, 0) is 14.6 Å². The molecule has 2 heterocycles. The highest BCUT2D eigenvalue weighted by Gasteiger charge is 2.46. The van der Waals surface area contributed by atoms with Gasteiger partial charge in [-0.15, -0.1) is 0 Å². The fourth-order valence-corrected chi connectivity index (χ4v) is 5.20. The molecule has 21 heavy (non-hydrogen) atoms. The first-order valence-electron chi connectivity index (χ1n) is 7.12. The van der Waals surface area contributed by atoms with Crippen LogP contribution >= 0.6 is 0 Å². The third kappa shape index (κ3) is 3.14. The highest BCUT2D eigenvalue weighted by atomic mass is 32.2. The molecular formula is C13H22N2O5S. The van der Waals surface area contributed by atoms with Crippen molar-refractivity contribution in [2.45, 2.75) is 50.6 Å². The number of carbonyl (C=O) groups is 2. The number of hydrogen-bond donors (Lipinski definition) is 2. The Morgan fingerprint density at radius 3 is 2.38 bits per heavy atom. The standard InChI is InChI=1S/C13H22N2O5S/c1-12(6-8-21(19,20)9-12)14-11(18)15-7-4-3-5-13(15,2)10(16)17/h3-9H2,1-2H3,(H,14,18)(H,16,17). The van der Waals surface area contributed by atoms with Crippen molar-refractivity contribution in [1.29, 1.82) is 0 Å². The Hall–Kier alpha value is -1.31. The molecule has 8 heteroatoms. The zero-order valence-corrected chi connectivity index (χ0v) is 13.2. The molecule has 2 saturated heterocycles. The molecule has 0 aromatic rings. The number of piperidine rings is 1. The van der Waals surface area contributed by atoms with Crippen molar-refractivity contribution in [2.24, 2.45) is 0 Å². The van der Waals surface area contributed by atoms with Gasteiger partial charge in [0.2, 0.25) is 0 Å². The summed E-state index contributed by atoms with van der Waals surface area (Å²) in [6, 6.07) is -0.487. The number of urea groups is 1. The third-order valence-corrected chi connectivity index (χ3v) is 6.41. The minimum Gasteiger partial charge on any atom is -0.480 e. The van der Waals surface area contributed by atoms with Crippen molar-refractivity contribution in [2.75, 3.05) is 18.1 Å². The molecular weight excluding hydrogens is 296 g/mol. The molecule has 0 bridgehead atoms. The van der Waals surface area contributed by atoms with Crippen molar-refractivity contribution in [3.63, 3.8) is 0 Å². The van der Waals surface area contributed by atoms with E-state index in [9.17, 15) is 23.1 Å². The normalized spacial score (nSPS) is 35.4. The van der Waals surface area contributed by atoms with Gasteiger partial charge in [-0.2, -0.15) is 0 Å². The van der Waals surface area contributed by atoms with E-state index >= 15 is 0 Å². The zero-order valence-electron chi connectivity index (χ0n) is 12.4. The summed E-state index contributed by atoms with van der Waals surface area (Å²) in [4.78, 5) is 25.3. The van der Waals surface area contributed by atoms with Gasteiger partial charge < -0.3 is 15.3 Å². The number of likely N-dealkylation sites (tertiary alicyclic amines) is 1. The maximum Gasteiger partial charge on any atom is 0.329 e. The van der Waals surface area contributed by atoms with Crippen molar-refractivity contribution < 1.29 is 23.1 Å². The first-order chi connectivity index (χ1) is 9.58. The predicted molar refractivity (Wildman–Crippen MR) is 76.8 cm³/mol. The average molecular weight is 318 g/mol. The lowest BCUT2D eigenvalue weighted by molar-refractivity contribution is -0.150. The molecule has 2 unspecified atom stereocenters. The van der Waals surface area contributed by atoms with Gasteiger partial charge >= 0.3 is 12.0 Å². The lowest BCUT2D eigenvalue weighted by Crippen LogP contribution is -2.63. The Morgan fingerprint density at radius 1 is 1.19 bits per heavy atom. The van der Waals surface area contributed by atoms with Crippen molar-refractivity contribution in [3.05, 3.63) is 0 Å². The van der Waals surface area contributed by atoms with Gasteiger partial charge in [0.15, 0.2) is 9.84 Å². The summed E-state index contributed by atoms with van der Waals surface area (Å²) in [5.74, 6) is -1.06. The minimum absolute atomic E-state index is 0.0555. The molecule has 0 aromatic heterocycles. The second-order valence-corrected chi connectivity index (χ2v) is 8.70. The Balaban J connectivity index is 2.14. The van der Waals surface area contributed by atoms with Crippen LogP contribution in [0, 0.1) is 0 Å². The molecule has 120 valence electrons. The fourth-order valence-electron chi connectivity index (χ4n) is 3.10. The van der Waals surface area contributed by atoms with Gasteiger partial charge in [0.1, 0.15) is 5.54 Å². The molecule has 0 aliphatic carbocycles. The quantitative estimate of drug-likeness (QED) is 0.776. The third-order valence-electron chi connectivity index (χ3n) is 4.51. The average Bonchev–Trinajstić information content (AvgIpc) is 2.63. The number of carboxylic acids is 1. The molecule has 7 nitrogen and oxygen atoms in total. The highest BCUT2D eigenvalue weighted by molar-refractivity contribution is 7.91. The first kappa shape index (κ1) is 16.1. The number of aliphatic carboxylic acids is 1. The van der Waals surface area contributed by atoms with Gasteiger partial charge in [-0.1, -0.05) is 0 Å². The molecule has 2 rings (SSSR count). The van der Waals surface area contributed by atoms with E-state index in [-0.39, 0.29) is 11.5 Å². The molecule has 0 aromatic carbocycles. The van der Waals surface area contributed by atoms with Gasteiger partial charge in [0.05, 0.1) is 17.0 Å². The molecule has 2 amide bonds. The Morgan fingerprint density at radius 2 is 1.86 bits per heavy atom. The van der Waals surface area contributed by atoms with E-state index in [0.29, 0.717) is 19.4 Å². The predicted octanol–water partition coefficient (Wildman–Crippen LogP) is 0.602. The van der Waals surface area contributed by atoms with E-state index in [0.717, 1.165) is 12.8 Å². The lowest BCUT2D eigenvalue weighted by Gasteiger charge is -2.42. The molecule has 2 fully saturated rings. The summed E-state index contributed by atoms with van der Waals surface area (Å²) in [6.07, 6.45) is 2.28. The molecule has 0 radical (unpaired) electrons. The van der Waals surface area contributed by atoms with Crippen LogP contribution in [0.2, 0.25) is 0 Å². The summed E-state index contributed by atoms with van der Waals surface area (Å²) in [6.45, 7) is 3.61. The first-order valence-corrected chi connectivity index (χ1v) is 8.94. The van der Waals surface area contributed by atoms with Crippen LogP contribution in [0.25, 0.3) is 0 Å². The van der Waals surface area contributed by atoms with E-state index in [1.165, 1.54) is 4.90 Å². The molecule has 0 saturated carbocycles. The molecule has 2 N–H and O–H groups in total. The van der Waals surface area contributed by atoms with E-state index in [4.69, 9.17) is 0 Å². The maximum absolute atomic E-state index is 12.4. The number of nitrogens with one attached hydrogen (secondary N) is 1. The summed E-state index contributed by atoms with van der Waals surface area (Å²) >= 11 is 0. The molecule has 2 aliphatic heterocycles. The van der Waals surface area contributed by atoms with Gasteiger partial charge in [-0.3, -0.25) is 0 Å². The van der Waals surface area contributed by atoms with E-state index in [1.54, 1.807) is 13.8 Å². The number of sulfone groups is 1. The number of amides is 2. The SMILES string of the molecule is CC1(NC(=O)N2CCCCC2(C)C(=O)O)CCS(=O)(=O)C1. The lowest BCUT2D eigenvalue weighted by atomic mass is 9.88. The molecule has 0 spiro atoms. The highest BCUT2D eigenvalue weighted by Crippen LogP contribution is 2.30. The van der Waals surface area contributed by atoms with Crippen molar-refractivity contribution in [1.82, 2.24) is 10.2 Å². The van der Waals surface area contributed by atoms with Crippen LogP contribution < -0.4 is 5.32 Å². The number of carbonyl (C=O) groups excluding carboxylic acids is 1. The molecule has 2 aliphatic rings. The van der Waals surface area contributed by atoms with Crippen LogP contribution in [0.3, 0.4) is 0 Å². The monoisotopic (exact) mass is 318 g/mol. The van der Waals surface area contributed by atoms with Gasteiger partial charge in [-0.25, -0.2) is 18.0 Å². The maximum atomic E-state index is 12.4. The fraction of sp³-hybridized carbons (Fsp3) is 0.846. The second kappa shape index (κ2) is 5.15. The number of rotatable bonds is 2. The van der Waals surface area contributed by atoms with Gasteiger partial charge in [-0.05, 0) is 39.5 Å². The number of carboxylic acid groups (broad SMARTS) is 1. The Kier molecular flexibility index (Phi) is 3.94. The van der Waals surface area contributed by atoms with Gasteiger partial charge in [0, 0.05) is 6.54 Å². The Bertz CT molecular complexity index is 561. The van der Waals surface area contributed by atoms with Gasteiger partial charge in [0.25, 0.3) is 0 Å². The zero-order chi connectivity index (χ0) is 15.9. The Labute approximate surface area is 124 Å². The minimum atomic E-state index is -3.12. The van der Waals surface area contributed by atoms with Crippen molar-refractivity contribution in [3.8, 4) is 0 Å². The smallest absolute Gasteiger partial charge is 0.329 e. The largest absolute Gasteiger partial charge is 0.480 e. The van der Waals surface area contributed by atoms with E-state index in [1.807, 2.05) is 0 Å². The van der Waals surface area contributed by atoms with Crippen LogP contribution in [-0.4, -0.2) is 59.6 Å². The number of nitrogens with zero attached hydrogens (tertiary/aromatic N) is 1. The van der Waals surface area contributed by atoms with E-state index in [2.05, 4.69) is 5.32 Å². The van der Waals surface area contributed by atoms with Crippen LogP contribution in [0.5, 0.6) is 0 Å². The second-order valence-electron chi connectivity index (χ2n) is 6.52.